The summed E-state index contributed by atoms with van der Waals surface area (Å²) in [5, 5.41) is 3.08. The van der Waals surface area contributed by atoms with Gasteiger partial charge in [0.05, 0.1) is 18.1 Å². The monoisotopic (exact) mass is 409 g/mol. The number of carbonyl (C=O) groups is 1. The molecule has 1 amide bonds. The number of amides is 1. The van der Waals surface area contributed by atoms with E-state index in [0.717, 1.165) is 38.0 Å². The zero-order valence-electron chi connectivity index (χ0n) is 16.8. The van der Waals surface area contributed by atoms with E-state index in [1.807, 2.05) is 6.92 Å². The van der Waals surface area contributed by atoms with E-state index in [1.165, 1.54) is 4.31 Å². The second-order valence-corrected chi connectivity index (χ2v) is 9.28. The Kier molecular flexibility index (Phi) is 7.09. The van der Waals surface area contributed by atoms with Crippen molar-refractivity contribution >= 4 is 15.9 Å². The standard InChI is InChI=1S/C20H31N3O4S/c1-3-16-5-6-17(20(24)21-18-7-9-22(4-2)10-8-18)15-19(16)28(25,26)23-11-13-27-14-12-23/h5-6,15,18H,3-4,7-14H2,1-2H3,(H,21,24). The summed E-state index contributed by atoms with van der Waals surface area (Å²) in [5.41, 5.74) is 1.14. The molecule has 8 heteroatoms. The molecule has 0 spiro atoms. The van der Waals surface area contributed by atoms with E-state index in [4.69, 9.17) is 4.74 Å². The third-order valence-corrected chi connectivity index (χ3v) is 7.65. The molecule has 0 bridgehead atoms. The number of hydrogen-bond acceptors (Lipinski definition) is 5. The van der Waals surface area contributed by atoms with Crippen molar-refractivity contribution in [2.24, 2.45) is 0 Å². The number of carbonyl (C=O) groups excluding carboxylic acids is 1. The fourth-order valence-electron chi connectivity index (χ4n) is 3.82. The zero-order valence-corrected chi connectivity index (χ0v) is 17.6. The van der Waals surface area contributed by atoms with Gasteiger partial charge < -0.3 is 15.0 Å². The van der Waals surface area contributed by atoms with Crippen LogP contribution in [0.25, 0.3) is 0 Å². The molecule has 0 radical (unpaired) electrons. The Hall–Kier alpha value is -1.48. The molecule has 3 rings (SSSR count). The SMILES string of the molecule is CCc1ccc(C(=O)NC2CCN(CC)CC2)cc1S(=O)(=O)N1CCOCC1. The predicted octanol–water partition coefficient (Wildman–Crippen LogP) is 1.48. The second-order valence-electron chi connectivity index (χ2n) is 7.37. The molecule has 28 heavy (non-hydrogen) atoms. The number of likely N-dealkylation sites (tertiary alicyclic amines) is 1. The van der Waals surface area contributed by atoms with Crippen LogP contribution in [0.1, 0.15) is 42.6 Å². The lowest BCUT2D eigenvalue weighted by atomic mass is 10.0. The number of nitrogens with one attached hydrogen (secondary N) is 1. The highest BCUT2D eigenvalue weighted by molar-refractivity contribution is 7.89. The third kappa shape index (κ3) is 4.74. The summed E-state index contributed by atoms with van der Waals surface area (Å²) in [6.45, 7) is 8.55. The third-order valence-electron chi connectivity index (χ3n) is 5.67. The Bertz CT molecular complexity index is 783. The van der Waals surface area contributed by atoms with Crippen molar-refractivity contribution in [3.05, 3.63) is 29.3 Å². The molecule has 2 aliphatic heterocycles. The van der Waals surface area contributed by atoms with Gasteiger partial charge in [0.1, 0.15) is 0 Å². The first-order valence-corrected chi connectivity index (χ1v) is 11.6. The van der Waals surface area contributed by atoms with E-state index < -0.39 is 10.0 Å². The first kappa shape index (κ1) is 21.2. The number of aryl methyl sites for hydroxylation is 1. The first-order chi connectivity index (χ1) is 13.5. The fourth-order valence-corrected chi connectivity index (χ4v) is 5.54. The Morgan fingerprint density at radius 2 is 1.82 bits per heavy atom. The van der Waals surface area contributed by atoms with Crippen LogP contribution in [0.4, 0.5) is 0 Å². The van der Waals surface area contributed by atoms with Crippen molar-refractivity contribution in [2.75, 3.05) is 45.9 Å². The van der Waals surface area contributed by atoms with Crippen molar-refractivity contribution in [1.29, 1.82) is 0 Å². The van der Waals surface area contributed by atoms with Crippen molar-refractivity contribution < 1.29 is 17.9 Å². The molecule has 1 aromatic rings. The summed E-state index contributed by atoms with van der Waals surface area (Å²) < 4.78 is 33.0. The van der Waals surface area contributed by atoms with Crippen LogP contribution in [-0.2, 0) is 21.2 Å². The number of morpholine rings is 1. The minimum atomic E-state index is -3.64. The van der Waals surface area contributed by atoms with Crippen LogP contribution < -0.4 is 5.32 Å². The summed E-state index contributed by atoms with van der Waals surface area (Å²) in [5.74, 6) is -0.198. The van der Waals surface area contributed by atoms with E-state index in [0.29, 0.717) is 38.3 Å². The Balaban J connectivity index is 1.77. The fraction of sp³-hybridized carbons (Fsp3) is 0.650. The lowest BCUT2D eigenvalue weighted by Crippen LogP contribution is -2.44. The lowest BCUT2D eigenvalue weighted by Gasteiger charge is -2.31. The molecule has 2 saturated heterocycles. The van der Waals surface area contributed by atoms with Crippen molar-refractivity contribution in [3.63, 3.8) is 0 Å². The molecule has 0 aliphatic carbocycles. The average Bonchev–Trinajstić information content (AvgIpc) is 2.74. The predicted molar refractivity (Wildman–Crippen MR) is 108 cm³/mol. The maximum atomic E-state index is 13.1. The molecule has 7 nitrogen and oxygen atoms in total. The number of nitrogens with zero attached hydrogens (tertiary/aromatic N) is 2. The Morgan fingerprint density at radius 3 is 2.43 bits per heavy atom. The van der Waals surface area contributed by atoms with E-state index >= 15 is 0 Å². The van der Waals surface area contributed by atoms with Gasteiger partial charge in [-0.2, -0.15) is 4.31 Å². The van der Waals surface area contributed by atoms with Crippen molar-refractivity contribution in [1.82, 2.24) is 14.5 Å². The quantitative estimate of drug-likeness (QED) is 0.770. The second kappa shape index (κ2) is 9.35. The van der Waals surface area contributed by atoms with Gasteiger partial charge in [0.2, 0.25) is 10.0 Å². The van der Waals surface area contributed by atoms with Gasteiger partial charge in [-0.05, 0) is 43.5 Å². The van der Waals surface area contributed by atoms with Gasteiger partial charge in [-0.25, -0.2) is 8.42 Å². The van der Waals surface area contributed by atoms with Gasteiger partial charge in [-0.3, -0.25) is 4.79 Å². The minimum Gasteiger partial charge on any atom is -0.379 e. The highest BCUT2D eigenvalue weighted by Crippen LogP contribution is 2.24. The van der Waals surface area contributed by atoms with Crippen LogP contribution in [0.5, 0.6) is 0 Å². The van der Waals surface area contributed by atoms with Crippen LogP contribution in [0.15, 0.2) is 23.1 Å². The molecular weight excluding hydrogens is 378 g/mol. The summed E-state index contributed by atoms with van der Waals surface area (Å²) in [4.78, 5) is 15.4. The number of benzene rings is 1. The summed E-state index contributed by atoms with van der Waals surface area (Å²) in [6.07, 6.45) is 2.44. The summed E-state index contributed by atoms with van der Waals surface area (Å²) in [6, 6.07) is 5.18. The molecule has 0 saturated carbocycles. The van der Waals surface area contributed by atoms with Crippen molar-refractivity contribution in [3.8, 4) is 0 Å². The number of piperidine rings is 1. The van der Waals surface area contributed by atoms with Crippen LogP contribution in [-0.4, -0.2) is 75.5 Å². The van der Waals surface area contributed by atoms with Gasteiger partial charge in [0.25, 0.3) is 5.91 Å². The van der Waals surface area contributed by atoms with E-state index in [1.54, 1.807) is 18.2 Å². The van der Waals surface area contributed by atoms with Gasteiger partial charge in [-0.15, -0.1) is 0 Å². The summed E-state index contributed by atoms with van der Waals surface area (Å²) in [7, 11) is -3.64. The topological polar surface area (TPSA) is 79.0 Å². The first-order valence-electron chi connectivity index (χ1n) is 10.2. The molecule has 2 heterocycles. The van der Waals surface area contributed by atoms with Gasteiger partial charge >= 0.3 is 0 Å². The molecule has 2 fully saturated rings. The molecule has 1 N–H and O–H groups in total. The van der Waals surface area contributed by atoms with Crippen LogP contribution >= 0.6 is 0 Å². The van der Waals surface area contributed by atoms with Crippen LogP contribution in [0.3, 0.4) is 0 Å². The van der Waals surface area contributed by atoms with Crippen LogP contribution in [0, 0.1) is 0 Å². The normalized spacial score (nSPS) is 20.2. The Morgan fingerprint density at radius 1 is 1.14 bits per heavy atom. The van der Waals surface area contributed by atoms with Gasteiger partial charge in [0, 0.05) is 37.8 Å². The van der Waals surface area contributed by atoms with Gasteiger partial charge in [0.15, 0.2) is 0 Å². The molecular formula is C20H31N3O4S. The number of hydrogen-bond donors (Lipinski definition) is 1. The number of rotatable bonds is 6. The maximum absolute atomic E-state index is 13.1. The van der Waals surface area contributed by atoms with E-state index in [9.17, 15) is 13.2 Å². The van der Waals surface area contributed by atoms with Crippen LogP contribution in [0.2, 0.25) is 0 Å². The van der Waals surface area contributed by atoms with Crippen molar-refractivity contribution in [2.45, 2.75) is 44.0 Å². The van der Waals surface area contributed by atoms with Gasteiger partial charge in [-0.1, -0.05) is 19.9 Å². The molecule has 0 atom stereocenters. The molecule has 156 valence electrons. The smallest absolute Gasteiger partial charge is 0.251 e. The van der Waals surface area contributed by atoms with E-state index in [-0.39, 0.29) is 16.8 Å². The number of sulfonamides is 1. The molecule has 2 aliphatic rings. The lowest BCUT2D eigenvalue weighted by molar-refractivity contribution is 0.0730. The molecule has 1 aromatic carbocycles. The minimum absolute atomic E-state index is 0.139. The average molecular weight is 410 g/mol. The Labute approximate surface area is 168 Å². The number of ether oxygens (including phenoxy) is 1. The van der Waals surface area contributed by atoms with E-state index in [2.05, 4.69) is 17.1 Å². The largest absolute Gasteiger partial charge is 0.379 e. The molecule has 0 unspecified atom stereocenters. The summed E-state index contributed by atoms with van der Waals surface area (Å²) >= 11 is 0. The zero-order chi connectivity index (χ0) is 20.1. The molecule has 0 aromatic heterocycles. The highest BCUT2D eigenvalue weighted by atomic mass is 32.2. The highest BCUT2D eigenvalue weighted by Gasteiger charge is 2.29. The maximum Gasteiger partial charge on any atom is 0.251 e.